The van der Waals surface area contributed by atoms with Crippen molar-refractivity contribution in [2.24, 2.45) is 34.8 Å². The molecule has 3 aliphatic rings. The van der Waals surface area contributed by atoms with Gasteiger partial charge in [0.25, 0.3) is 0 Å². The summed E-state index contributed by atoms with van der Waals surface area (Å²) in [7, 11) is 0. The molecular weight excluding hydrogens is 272 g/mol. The summed E-state index contributed by atoms with van der Waals surface area (Å²) in [4.78, 5) is 12.7. The van der Waals surface area contributed by atoms with E-state index in [1.807, 2.05) is 0 Å². The lowest BCUT2D eigenvalue weighted by atomic mass is 9.64. The van der Waals surface area contributed by atoms with E-state index in [2.05, 4.69) is 19.2 Å². The van der Waals surface area contributed by atoms with Crippen molar-refractivity contribution in [3.8, 4) is 0 Å². The second-order valence-electron chi connectivity index (χ2n) is 8.87. The minimum Gasteiger partial charge on any atom is -0.355 e. The molecule has 3 fully saturated rings. The van der Waals surface area contributed by atoms with Crippen LogP contribution in [0.5, 0.6) is 0 Å². The van der Waals surface area contributed by atoms with E-state index in [-0.39, 0.29) is 5.92 Å². The number of hydrogen-bond donors (Lipinski definition) is 2. The monoisotopic (exact) mass is 306 g/mol. The molecule has 3 heteroatoms. The molecule has 22 heavy (non-hydrogen) atoms. The number of fused-ring (bicyclic) bond motifs is 2. The second kappa shape index (κ2) is 6.51. The second-order valence-corrected chi connectivity index (χ2v) is 8.87. The summed E-state index contributed by atoms with van der Waals surface area (Å²) in [6.07, 6.45) is 11.0. The Morgan fingerprint density at radius 2 is 1.82 bits per heavy atom. The van der Waals surface area contributed by atoms with E-state index < -0.39 is 0 Å². The number of amides is 1. The van der Waals surface area contributed by atoms with E-state index >= 15 is 0 Å². The third-order valence-corrected chi connectivity index (χ3v) is 6.68. The zero-order chi connectivity index (χ0) is 15.7. The fourth-order valence-electron chi connectivity index (χ4n) is 5.42. The zero-order valence-corrected chi connectivity index (χ0v) is 14.4. The molecule has 2 atom stereocenters. The Bertz CT molecular complexity index is 388. The number of rotatable bonds is 5. The van der Waals surface area contributed by atoms with Gasteiger partial charge in [-0.3, -0.25) is 4.79 Å². The van der Waals surface area contributed by atoms with Crippen molar-refractivity contribution in [1.29, 1.82) is 0 Å². The molecule has 3 saturated carbocycles. The minimum absolute atomic E-state index is 0.228. The maximum atomic E-state index is 12.7. The molecule has 0 aromatic carbocycles. The van der Waals surface area contributed by atoms with Crippen LogP contribution in [0.15, 0.2) is 0 Å². The number of nitrogens with two attached hydrogens (primary N) is 1. The van der Waals surface area contributed by atoms with Gasteiger partial charge >= 0.3 is 0 Å². The smallest absolute Gasteiger partial charge is 0.223 e. The lowest BCUT2D eigenvalue weighted by Gasteiger charge is -2.45. The molecule has 0 heterocycles. The van der Waals surface area contributed by atoms with Crippen LogP contribution < -0.4 is 11.1 Å². The van der Waals surface area contributed by atoms with Crippen LogP contribution in [0.2, 0.25) is 0 Å². The molecule has 0 aromatic heterocycles. The van der Waals surface area contributed by atoms with E-state index in [0.717, 1.165) is 25.3 Å². The van der Waals surface area contributed by atoms with E-state index in [0.29, 0.717) is 29.2 Å². The Morgan fingerprint density at radius 1 is 1.18 bits per heavy atom. The van der Waals surface area contributed by atoms with Crippen LogP contribution in [0.3, 0.4) is 0 Å². The summed E-state index contributed by atoms with van der Waals surface area (Å²) in [5, 5.41) is 3.32. The van der Waals surface area contributed by atoms with Gasteiger partial charge in [0.2, 0.25) is 5.91 Å². The van der Waals surface area contributed by atoms with E-state index in [9.17, 15) is 4.79 Å². The van der Waals surface area contributed by atoms with Gasteiger partial charge in [0.1, 0.15) is 0 Å². The minimum atomic E-state index is 0.228. The maximum absolute atomic E-state index is 12.7. The molecule has 3 rings (SSSR count). The van der Waals surface area contributed by atoms with Crippen LogP contribution in [0.25, 0.3) is 0 Å². The largest absolute Gasteiger partial charge is 0.355 e. The van der Waals surface area contributed by atoms with Crippen molar-refractivity contribution >= 4 is 5.91 Å². The number of carbonyl (C=O) groups is 1. The maximum Gasteiger partial charge on any atom is 0.223 e. The van der Waals surface area contributed by atoms with Crippen LogP contribution in [-0.4, -0.2) is 18.5 Å². The quantitative estimate of drug-likeness (QED) is 0.817. The van der Waals surface area contributed by atoms with Gasteiger partial charge in [-0.25, -0.2) is 0 Å². The number of carbonyl (C=O) groups excluding carboxylic acids is 1. The molecule has 0 radical (unpaired) electrons. The fourth-order valence-corrected chi connectivity index (χ4v) is 5.42. The van der Waals surface area contributed by atoms with Crippen LogP contribution in [0.1, 0.15) is 71.6 Å². The summed E-state index contributed by atoms with van der Waals surface area (Å²) < 4.78 is 0. The van der Waals surface area contributed by atoms with Gasteiger partial charge in [0.05, 0.1) is 0 Å². The van der Waals surface area contributed by atoms with Gasteiger partial charge in [0.15, 0.2) is 0 Å². The van der Waals surface area contributed by atoms with Crippen LogP contribution in [0.4, 0.5) is 0 Å². The van der Waals surface area contributed by atoms with Crippen LogP contribution in [0, 0.1) is 29.1 Å². The number of nitrogens with one attached hydrogen (secondary N) is 1. The highest BCUT2D eigenvalue weighted by Crippen LogP contribution is 2.46. The van der Waals surface area contributed by atoms with Gasteiger partial charge in [-0.05, 0) is 68.1 Å². The summed E-state index contributed by atoms with van der Waals surface area (Å²) in [5.41, 5.74) is 6.75. The van der Waals surface area contributed by atoms with Crippen molar-refractivity contribution in [3.63, 3.8) is 0 Å². The Hall–Kier alpha value is -0.570. The summed E-state index contributed by atoms with van der Waals surface area (Å²) in [6.45, 7) is 5.50. The molecule has 2 bridgehead atoms. The molecule has 3 aliphatic carbocycles. The van der Waals surface area contributed by atoms with E-state index in [1.54, 1.807) is 0 Å². The molecular formula is C19H34N2O. The lowest BCUT2D eigenvalue weighted by Crippen LogP contribution is -2.50. The lowest BCUT2D eigenvalue weighted by molar-refractivity contribution is -0.129. The first-order chi connectivity index (χ1) is 10.5. The normalized spacial score (nSPS) is 36.7. The topological polar surface area (TPSA) is 55.1 Å². The molecule has 0 aliphatic heterocycles. The SMILES string of the molecule is CC(C)CC1(CNC(=O)C2CC3CCCC(C2)C3N)CCC1. The zero-order valence-electron chi connectivity index (χ0n) is 14.4. The number of hydrogen-bond acceptors (Lipinski definition) is 2. The van der Waals surface area contributed by atoms with E-state index in [4.69, 9.17) is 5.73 Å². The first-order valence-electron chi connectivity index (χ1n) is 9.52. The molecule has 1 amide bonds. The summed E-state index contributed by atoms with van der Waals surface area (Å²) in [6, 6.07) is 0.358. The Morgan fingerprint density at radius 3 is 2.32 bits per heavy atom. The van der Waals surface area contributed by atoms with Gasteiger partial charge < -0.3 is 11.1 Å². The van der Waals surface area contributed by atoms with Gasteiger partial charge in [-0.15, -0.1) is 0 Å². The summed E-state index contributed by atoms with van der Waals surface area (Å²) in [5.74, 6) is 2.46. The molecule has 3 nitrogen and oxygen atoms in total. The summed E-state index contributed by atoms with van der Waals surface area (Å²) >= 11 is 0. The predicted molar refractivity (Wildman–Crippen MR) is 90.3 cm³/mol. The first-order valence-corrected chi connectivity index (χ1v) is 9.52. The highest BCUT2D eigenvalue weighted by Gasteiger charge is 2.42. The van der Waals surface area contributed by atoms with Gasteiger partial charge in [0, 0.05) is 18.5 Å². The molecule has 0 saturated heterocycles. The molecule has 0 spiro atoms. The highest BCUT2D eigenvalue weighted by molar-refractivity contribution is 5.78. The van der Waals surface area contributed by atoms with E-state index in [1.165, 1.54) is 44.9 Å². The Kier molecular flexibility index (Phi) is 4.82. The third kappa shape index (κ3) is 3.34. The predicted octanol–water partition coefficient (Wildman–Crippen LogP) is 3.47. The average molecular weight is 306 g/mol. The van der Waals surface area contributed by atoms with Crippen LogP contribution >= 0.6 is 0 Å². The Balaban J connectivity index is 1.52. The first kappa shape index (κ1) is 16.3. The van der Waals surface area contributed by atoms with Crippen molar-refractivity contribution in [2.75, 3.05) is 6.54 Å². The third-order valence-electron chi connectivity index (χ3n) is 6.68. The fraction of sp³-hybridized carbons (Fsp3) is 0.947. The van der Waals surface area contributed by atoms with Crippen LogP contribution in [-0.2, 0) is 4.79 Å². The van der Waals surface area contributed by atoms with Gasteiger partial charge in [-0.2, -0.15) is 0 Å². The molecule has 0 aromatic rings. The van der Waals surface area contributed by atoms with Crippen molar-refractivity contribution in [1.82, 2.24) is 5.32 Å². The van der Waals surface area contributed by atoms with Crippen molar-refractivity contribution < 1.29 is 4.79 Å². The molecule has 2 unspecified atom stereocenters. The van der Waals surface area contributed by atoms with Crippen molar-refractivity contribution in [3.05, 3.63) is 0 Å². The van der Waals surface area contributed by atoms with Gasteiger partial charge in [-0.1, -0.05) is 26.7 Å². The average Bonchev–Trinajstić information content (AvgIpc) is 2.40. The molecule has 126 valence electrons. The van der Waals surface area contributed by atoms with Crippen molar-refractivity contribution in [2.45, 2.75) is 77.7 Å². The molecule has 3 N–H and O–H groups in total. The highest BCUT2D eigenvalue weighted by atomic mass is 16.1. The standard InChI is InChI=1S/C19H34N2O/c1-13(2)11-19(7-4-8-19)12-21-18(22)16-9-14-5-3-6-15(10-16)17(14)20/h13-17H,3-12,20H2,1-2H3,(H,21,22). The Labute approximate surface area is 135 Å².